The molecule has 0 aromatic heterocycles. The van der Waals surface area contributed by atoms with Crippen LogP contribution >= 0.6 is 0 Å². The zero-order valence-corrected chi connectivity index (χ0v) is 15.7. The fraction of sp³-hybridized carbons (Fsp3) is 0.895. The zero-order valence-electron chi connectivity index (χ0n) is 15.7. The summed E-state index contributed by atoms with van der Waals surface area (Å²) in [7, 11) is 0. The fourth-order valence-electron chi connectivity index (χ4n) is 3.47. The van der Waals surface area contributed by atoms with Crippen molar-refractivity contribution in [1.29, 1.82) is 0 Å². The molecule has 1 saturated carbocycles. The Hall–Kier alpha value is -1.06. The van der Waals surface area contributed by atoms with Gasteiger partial charge in [-0.15, -0.1) is 0 Å². The molecule has 134 valence electrons. The van der Waals surface area contributed by atoms with Crippen LogP contribution in [0.5, 0.6) is 0 Å². The number of esters is 1. The highest BCUT2D eigenvalue weighted by Crippen LogP contribution is 2.38. The van der Waals surface area contributed by atoms with Crippen molar-refractivity contribution in [1.82, 2.24) is 5.32 Å². The fourth-order valence-corrected chi connectivity index (χ4v) is 3.47. The molecule has 1 N–H and O–H groups in total. The van der Waals surface area contributed by atoms with Gasteiger partial charge in [-0.05, 0) is 50.4 Å². The molecule has 4 nitrogen and oxygen atoms in total. The van der Waals surface area contributed by atoms with E-state index in [9.17, 15) is 9.59 Å². The van der Waals surface area contributed by atoms with E-state index in [1.54, 1.807) is 0 Å². The topological polar surface area (TPSA) is 55.4 Å². The van der Waals surface area contributed by atoms with E-state index in [0.717, 1.165) is 19.3 Å². The van der Waals surface area contributed by atoms with Crippen LogP contribution in [0.15, 0.2) is 0 Å². The maximum Gasteiger partial charge on any atom is 0.328 e. The second-order valence-corrected chi connectivity index (χ2v) is 7.56. The van der Waals surface area contributed by atoms with Crippen LogP contribution in [0, 0.1) is 23.7 Å². The molecule has 0 radical (unpaired) electrons. The van der Waals surface area contributed by atoms with Crippen molar-refractivity contribution in [3.8, 4) is 0 Å². The summed E-state index contributed by atoms with van der Waals surface area (Å²) < 4.78 is 5.38. The van der Waals surface area contributed by atoms with Crippen LogP contribution in [-0.4, -0.2) is 24.0 Å². The third-order valence-corrected chi connectivity index (χ3v) is 5.26. The first-order valence-corrected chi connectivity index (χ1v) is 9.30. The summed E-state index contributed by atoms with van der Waals surface area (Å²) in [6.45, 7) is 12.4. The van der Waals surface area contributed by atoms with Crippen LogP contribution in [0.4, 0.5) is 0 Å². The highest BCUT2D eigenvalue weighted by Gasteiger charge is 2.36. The predicted octanol–water partition coefficient (Wildman–Crippen LogP) is 3.93. The van der Waals surface area contributed by atoms with E-state index in [4.69, 9.17) is 4.74 Å². The smallest absolute Gasteiger partial charge is 0.328 e. The Balaban J connectivity index is 2.71. The van der Waals surface area contributed by atoms with Crippen LogP contribution in [0.1, 0.15) is 73.6 Å². The number of ether oxygens (including phenoxy) is 1. The van der Waals surface area contributed by atoms with Gasteiger partial charge in [0.2, 0.25) is 5.91 Å². The Morgan fingerprint density at radius 3 is 2.30 bits per heavy atom. The summed E-state index contributed by atoms with van der Waals surface area (Å²) in [6.07, 6.45) is 4.46. The first kappa shape index (κ1) is 20.0. The number of amides is 1. The molecule has 0 spiro atoms. The normalized spacial score (nSPS) is 27.3. The maximum absolute atomic E-state index is 12.8. The van der Waals surface area contributed by atoms with E-state index in [1.165, 1.54) is 6.42 Å². The molecule has 1 unspecified atom stereocenters. The largest absolute Gasteiger partial charge is 0.461 e. The van der Waals surface area contributed by atoms with E-state index in [1.807, 2.05) is 20.8 Å². The summed E-state index contributed by atoms with van der Waals surface area (Å²) in [6, 6.07) is -0.526. The van der Waals surface area contributed by atoms with Crippen LogP contribution in [-0.2, 0) is 14.3 Å². The molecule has 0 bridgehead atoms. The van der Waals surface area contributed by atoms with Crippen LogP contribution in [0.3, 0.4) is 0 Å². The lowest BCUT2D eigenvalue weighted by Crippen LogP contribution is -2.48. The number of hydrogen-bond acceptors (Lipinski definition) is 3. The van der Waals surface area contributed by atoms with Gasteiger partial charge in [-0.1, -0.05) is 41.0 Å². The molecule has 0 aromatic rings. The molecule has 1 fully saturated rings. The van der Waals surface area contributed by atoms with Crippen molar-refractivity contribution >= 4 is 11.9 Å². The molecule has 1 rings (SSSR count). The molecule has 0 aromatic carbocycles. The van der Waals surface area contributed by atoms with Gasteiger partial charge < -0.3 is 10.1 Å². The maximum atomic E-state index is 12.8. The zero-order chi connectivity index (χ0) is 17.6. The van der Waals surface area contributed by atoms with Crippen LogP contribution in [0.2, 0.25) is 0 Å². The van der Waals surface area contributed by atoms with Crippen molar-refractivity contribution in [3.63, 3.8) is 0 Å². The minimum atomic E-state index is -0.526. The highest BCUT2D eigenvalue weighted by molar-refractivity contribution is 5.86. The Labute approximate surface area is 141 Å². The quantitative estimate of drug-likeness (QED) is 0.722. The molecule has 0 aliphatic heterocycles. The van der Waals surface area contributed by atoms with E-state index in [0.29, 0.717) is 24.2 Å². The molecule has 1 amide bonds. The first-order chi connectivity index (χ1) is 10.8. The second kappa shape index (κ2) is 9.29. The van der Waals surface area contributed by atoms with Gasteiger partial charge in [0.05, 0.1) is 6.10 Å². The van der Waals surface area contributed by atoms with Crippen molar-refractivity contribution in [2.45, 2.75) is 85.8 Å². The summed E-state index contributed by atoms with van der Waals surface area (Å²) in [5.74, 6) is 1.22. The Kier molecular flexibility index (Phi) is 8.07. The molecular formula is C19H35NO3. The van der Waals surface area contributed by atoms with Crippen LogP contribution in [0.25, 0.3) is 0 Å². The second-order valence-electron chi connectivity index (χ2n) is 7.56. The summed E-state index contributed by atoms with van der Waals surface area (Å²) in [4.78, 5) is 25.0. The number of carbonyl (C=O) groups is 2. The summed E-state index contributed by atoms with van der Waals surface area (Å²) in [5, 5.41) is 2.96. The first-order valence-electron chi connectivity index (χ1n) is 9.30. The molecule has 1 aliphatic rings. The minimum Gasteiger partial charge on any atom is -0.461 e. The van der Waals surface area contributed by atoms with Crippen molar-refractivity contribution < 1.29 is 14.3 Å². The van der Waals surface area contributed by atoms with E-state index in [2.05, 4.69) is 26.1 Å². The molecule has 23 heavy (non-hydrogen) atoms. The molecule has 5 atom stereocenters. The highest BCUT2D eigenvalue weighted by atomic mass is 16.5. The molecule has 1 aliphatic carbocycles. The van der Waals surface area contributed by atoms with Gasteiger partial charge in [0.15, 0.2) is 0 Å². The van der Waals surface area contributed by atoms with E-state index in [-0.39, 0.29) is 23.9 Å². The van der Waals surface area contributed by atoms with E-state index >= 15 is 0 Å². The lowest BCUT2D eigenvalue weighted by atomic mass is 9.69. The average Bonchev–Trinajstić information content (AvgIpc) is 2.51. The molecular weight excluding hydrogens is 290 g/mol. The number of hydrogen-bond donors (Lipinski definition) is 1. The van der Waals surface area contributed by atoms with Gasteiger partial charge in [0.1, 0.15) is 6.04 Å². The third-order valence-electron chi connectivity index (χ3n) is 5.26. The summed E-state index contributed by atoms with van der Waals surface area (Å²) in [5.41, 5.74) is 0. The van der Waals surface area contributed by atoms with Gasteiger partial charge >= 0.3 is 5.97 Å². The predicted molar refractivity (Wildman–Crippen MR) is 92.9 cm³/mol. The van der Waals surface area contributed by atoms with Gasteiger partial charge in [-0.25, -0.2) is 4.79 Å². The van der Waals surface area contributed by atoms with Gasteiger partial charge in [0.25, 0.3) is 0 Å². The lowest BCUT2D eigenvalue weighted by Gasteiger charge is -2.37. The third kappa shape index (κ3) is 5.82. The van der Waals surface area contributed by atoms with Crippen molar-refractivity contribution in [2.24, 2.45) is 23.7 Å². The van der Waals surface area contributed by atoms with Crippen molar-refractivity contribution in [3.05, 3.63) is 0 Å². The van der Waals surface area contributed by atoms with Gasteiger partial charge in [-0.3, -0.25) is 4.79 Å². The lowest BCUT2D eigenvalue weighted by molar-refractivity contribution is -0.153. The van der Waals surface area contributed by atoms with Gasteiger partial charge in [0, 0.05) is 5.92 Å². The Morgan fingerprint density at radius 2 is 1.78 bits per heavy atom. The van der Waals surface area contributed by atoms with E-state index < -0.39 is 6.04 Å². The van der Waals surface area contributed by atoms with Gasteiger partial charge in [-0.2, -0.15) is 0 Å². The van der Waals surface area contributed by atoms with Crippen molar-refractivity contribution in [2.75, 3.05) is 0 Å². The Morgan fingerprint density at radius 1 is 1.13 bits per heavy atom. The number of rotatable bonds is 7. The molecule has 0 heterocycles. The SMILES string of the molecule is CCC(C)OC(=O)[C@@H](CC)NC(=O)[C@@H]1C[C@H](C)CC[C@H]1C(C)C. The number of nitrogens with one attached hydrogen (secondary N) is 1. The molecule has 0 saturated heterocycles. The monoisotopic (exact) mass is 325 g/mol. The number of carbonyl (C=O) groups excluding carboxylic acids is 2. The average molecular weight is 325 g/mol. The molecule has 4 heteroatoms. The van der Waals surface area contributed by atoms with Crippen LogP contribution < -0.4 is 5.32 Å². The minimum absolute atomic E-state index is 0.0178. The standard InChI is InChI=1S/C19H35NO3/c1-7-14(6)23-19(22)17(8-2)20-18(21)16-11-13(5)9-10-15(16)12(3)4/h12-17H,7-11H2,1-6H3,(H,20,21)/t13-,14?,15+,16-,17-/m1/s1. The Bertz CT molecular complexity index is 394. The summed E-state index contributed by atoms with van der Waals surface area (Å²) >= 11 is 0.